The third-order valence-corrected chi connectivity index (χ3v) is 6.48. The maximum absolute atomic E-state index is 14.1. The number of aromatic carboxylic acids is 1. The second-order valence-electron chi connectivity index (χ2n) is 7.34. The number of halogens is 1. The minimum atomic E-state index is -1.23. The molecule has 5 nitrogen and oxygen atoms in total. The van der Waals surface area contributed by atoms with Gasteiger partial charge in [0.2, 0.25) is 0 Å². The van der Waals surface area contributed by atoms with Crippen molar-refractivity contribution in [3.8, 4) is 27.3 Å². The van der Waals surface area contributed by atoms with Crippen LogP contribution in [0.5, 0.6) is 5.75 Å². The molecule has 0 saturated heterocycles. The van der Waals surface area contributed by atoms with E-state index in [9.17, 15) is 19.1 Å². The Morgan fingerprint density at radius 1 is 1.13 bits per heavy atom. The Balaban J connectivity index is 2.03. The van der Waals surface area contributed by atoms with E-state index >= 15 is 0 Å². The molecule has 1 fully saturated rings. The van der Waals surface area contributed by atoms with Crippen LogP contribution in [0.25, 0.3) is 21.6 Å². The zero-order chi connectivity index (χ0) is 22.2. The molecule has 1 saturated carbocycles. The minimum Gasteiger partial charge on any atom is -0.496 e. The average Bonchev–Trinajstić information content (AvgIpc) is 3.48. The zero-order valence-corrected chi connectivity index (χ0v) is 17.9. The molecule has 31 heavy (non-hydrogen) atoms. The van der Waals surface area contributed by atoms with Crippen LogP contribution in [0.3, 0.4) is 0 Å². The van der Waals surface area contributed by atoms with E-state index in [1.807, 2.05) is 36.4 Å². The number of benzene rings is 2. The molecule has 1 heterocycles. The van der Waals surface area contributed by atoms with E-state index in [2.05, 4.69) is 0 Å². The van der Waals surface area contributed by atoms with Crippen LogP contribution in [0, 0.1) is 5.13 Å². The number of esters is 1. The van der Waals surface area contributed by atoms with Gasteiger partial charge in [0, 0.05) is 22.8 Å². The molecule has 0 atom stereocenters. The standard InChI is InChI=1S/C24H21FO5S/c1-3-30-23(28)24(11-12-24)19-16(21-17(22(26)27)13-18(25)31-21)10-9-15(20(19)29-2)14-7-5-4-6-8-14/h4-10,13H,3,11-12H2,1-2H3,(H,26,27). The summed E-state index contributed by atoms with van der Waals surface area (Å²) < 4.78 is 25.3. The van der Waals surface area contributed by atoms with E-state index in [-0.39, 0.29) is 23.0 Å². The summed E-state index contributed by atoms with van der Waals surface area (Å²) in [4.78, 5) is 25.0. The van der Waals surface area contributed by atoms with Gasteiger partial charge in [-0.15, -0.1) is 11.3 Å². The summed E-state index contributed by atoms with van der Waals surface area (Å²) in [5, 5.41) is 9.01. The molecule has 2 aromatic carbocycles. The fourth-order valence-corrected chi connectivity index (χ4v) is 4.88. The number of carbonyl (C=O) groups excluding carboxylic acids is 1. The summed E-state index contributed by atoms with van der Waals surface area (Å²) in [5.74, 6) is -1.14. The van der Waals surface area contributed by atoms with Crippen molar-refractivity contribution >= 4 is 23.3 Å². The second kappa shape index (κ2) is 8.15. The molecule has 1 N–H and O–H groups in total. The van der Waals surface area contributed by atoms with Crippen molar-refractivity contribution in [1.82, 2.24) is 0 Å². The third kappa shape index (κ3) is 3.59. The van der Waals surface area contributed by atoms with Gasteiger partial charge >= 0.3 is 11.9 Å². The summed E-state index contributed by atoms with van der Waals surface area (Å²) in [6.07, 6.45) is 1.09. The largest absolute Gasteiger partial charge is 0.496 e. The smallest absolute Gasteiger partial charge is 0.337 e. The number of carbonyl (C=O) groups is 2. The van der Waals surface area contributed by atoms with E-state index in [0.29, 0.717) is 29.7 Å². The van der Waals surface area contributed by atoms with Gasteiger partial charge in [-0.05, 0) is 31.4 Å². The number of carboxylic acid groups (broad SMARTS) is 1. The Kier molecular flexibility index (Phi) is 5.54. The van der Waals surface area contributed by atoms with E-state index in [4.69, 9.17) is 9.47 Å². The highest BCUT2D eigenvalue weighted by Crippen LogP contribution is 2.58. The number of hydrogen-bond acceptors (Lipinski definition) is 5. The molecule has 1 aromatic heterocycles. The Morgan fingerprint density at radius 2 is 1.81 bits per heavy atom. The lowest BCUT2D eigenvalue weighted by Gasteiger charge is -2.23. The summed E-state index contributed by atoms with van der Waals surface area (Å²) in [6.45, 7) is 1.97. The summed E-state index contributed by atoms with van der Waals surface area (Å²) in [5.41, 5.74) is 1.61. The molecular formula is C24H21FO5S. The molecule has 0 spiro atoms. The van der Waals surface area contributed by atoms with Gasteiger partial charge in [0.15, 0.2) is 5.13 Å². The number of thiophene rings is 1. The number of carboxylic acids is 1. The fourth-order valence-electron chi connectivity index (χ4n) is 3.97. The van der Waals surface area contributed by atoms with Crippen LogP contribution in [0.15, 0.2) is 48.5 Å². The zero-order valence-electron chi connectivity index (χ0n) is 17.1. The van der Waals surface area contributed by atoms with Gasteiger partial charge in [-0.3, -0.25) is 4.79 Å². The van der Waals surface area contributed by atoms with Crippen molar-refractivity contribution in [2.24, 2.45) is 0 Å². The Labute approximate surface area is 183 Å². The van der Waals surface area contributed by atoms with Gasteiger partial charge in [-0.25, -0.2) is 4.79 Å². The quantitative estimate of drug-likeness (QED) is 0.490. The van der Waals surface area contributed by atoms with Gasteiger partial charge in [-0.2, -0.15) is 4.39 Å². The van der Waals surface area contributed by atoms with Crippen molar-refractivity contribution in [2.45, 2.75) is 25.2 Å². The van der Waals surface area contributed by atoms with Crippen LogP contribution in [0.2, 0.25) is 0 Å². The number of rotatable bonds is 7. The highest BCUT2D eigenvalue weighted by atomic mass is 32.1. The van der Waals surface area contributed by atoms with Gasteiger partial charge < -0.3 is 14.6 Å². The van der Waals surface area contributed by atoms with Gasteiger partial charge in [-0.1, -0.05) is 36.4 Å². The molecule has 0 aliphatic heterocycles. The van der Waals surface area contributed by atoms with E-state index in [1.165, 1.54) is 7.11 Å². The van der Waals surface area contributed by atoms with Crippen LogP contribution in [-0.4, -0.2) is 30.8 Å². The molecular weight excluding hydrogens is 419 g/mol. The lowest BCUT2D eigenvalue weighted by Crippen LogP contribution is -2.25. The van der Waals surface area contributed by atoms with Crippen molar-refractivity contribution in [3.05, 3.63) is 64.8 Å². The SMILES string of the molecule is CCOC(=O)C1(c2c(-c3sc(F)cc3C(=O)O)ccc(-c3ccccc3)c2OC)CC1. The van der Waals surface area contributed by atoms with Crippen LogP contribution >= 0.6 is 11.3 Å². The summed E-state index contributed by atoms with van der Waals surface area (Å²) in [7, 11) is 1.52. The number of methoxy groups -OCH3 is 1. The van der Waals surface area contributed by atoms with Crippen LogP contribution in [0.1, 0.15) is 35.7 Å². The van der Waals surface area contributed by atoms with Crippen LogP contribution in [-0.2, 0) is 14.9 Å². The molecule has 1 aliphatic rings. The number of ether oxygens (including phenoxy) is 2. The lowest BCUT2D eigenvalue weighted by atomic mass is 9.85. The number of hydrogen-bond donors (Lipinski definition) is 1. The van der Waals surface area contributed by atoms with E-state index < -0.39 is 16.5 Å². The molecule has 0 amide bonds. The molecule has 3 aromatic rings. The topological polar surface area (TPSA) is 72.8 Å². The lowest BCUT2D eigenvalue weighted by molar-refractivity contribution is -0.146. The normalized spacial score (nSPS) is 14.2. The van der Waals surface area contributed by atoms with Gasteiger partial charge in [0.1, 0.15) is 5.75 Å². The predicted octanol–water partition coefficient (Wildman–Crippen LogP) is 5.52. The first-order valence-corrected chi connectivity index (χ1v) is 10.7. The van der Waals surface area contributed by atoms with Crippen molar-refractivity contribution < 1.29 is 28.6 Å². The first-order chi connectivity index (χ1) is 14.9. The summed E-state index contributed by atoms with van der Waals surface area (Å²) >= 11 is 0.745. The molecule has 0 unspecified atom stereocenters. The Bertz CT molecular complexity index is 1150. The monoisotopic (exact) mass is 440 g/mol. The molecule has 0 bridgehead atoms. The fraction of sp³-hybridized carbons (Fsp3) is 0.250. The van der Waals surface area contributed by atoms with Gasteiger partial charge in [0.05, 0.1) is 29.6 Å². The van der Waals surface area contributed by atoms with Crippen LogP contribution in [0.4, 0.5) is 4.39 Å². The third-order valence-electron chi connectivity index (χ3n) is 5.52. The first-order valence-electron chi connectivity index (χ1n) is 9.90. The predicted molar refractivity (Wildman–Crippen MR) is 116 cm³/mol. The minimum absolute atomic E-state index is 0.141. The maximum atomic E-state index is 14.1. The maximum Gasteiger partial charge on any atom is 0.337 e. The molecule has 4 rings (SSSR count). The highest BCUT2D eigenvalue weighted by Gasteiger charge is 2.56. The second-order valence-corrected chi connectivity index (χ2v) is 8.34. The van der Waals surface area contributed by atoms with Gasteiger partial charge in [0.25, 0.3) is 0 Å². The molecule has 1 aliphatic carbocycles. The Hall–Kier alpha value is -3.19. The van der Waals surface area contributed by atoms with Crippen molar-refractivity contribution in [1.29, 1.82) is 0 Å². The average molecular weight is 440 g/mol. The van der Waals surface area contributed by atoms with Crippen molar-refractivity contribution in [3.63, 3.8) is 0 Å². The molecule has 7 heteroatoms. The van der Waals surface area contributed by atoms with E-state index in [1.54, 1.807) is 13.0 Å². The molecule has 0 radical (unpaired) electrons. The first kappa shape index (κ1) is 21.1. The molecule has 160 valence electrons. The summed E-state index contributed by atoms with van der Waals surface area (Å²) in [6, 6.07) is 14.1. The Morgan fingerprint density at radius 3 is 2.39 bits per heavy atom. The van der Waals surface area contributed by atoms with E-state index in [0.717, 1.165) is 28.5 Å². The van der Waals surface area contributed by atoms with Crippen molar-refractivity contribution in [2.75, 3.05) is 13.7 Å². The highest BCUT2D eigenvalue weighted by molar-refractivity contribution is 7.14. The van der Waals surface area contributed by atoms with Crippen LogP contribution < -0.4 is 4.74 Å².